The molecule has 4 heterocycles. The summed E-state index contributed by atoms with van der Waals surface area (Å²) in [6, 6.07) is 52.0. The first-order chi connectivity index (χ1) is 29.8. The van der Waals surface area contributed by atoms with E-state index in [4.69, 9.17) is 17.7 Å². The lowest BCUT2D eigenvalue weighted by atomic mass is 9.76. The number of fused-ring (bicyclic) bond motifs is 26. The molecule has 4 aromatic heterocycles. The van der Waals surface area contributed by atoms with Crippen molar-refractivity contribution < 1.29 is 17.7 Å². The van der Waals surface area contributed by atoms with Crippen molar-refractivity contribution in [2.45, 2.75) is 0 Å². The SMILES string of the molecule is c1ccc2c(c1)oc1c2c2c3ccccc3c3c4c5ccccc5oc4c4c5oc6ccccc6c5c5c6ccccc6c6c7c8ccccc8oc7c1c1c2c3c4c5c61. The summed E-state index contributed by atoms with van der Waals surface area (Å²) in [5, 5.41) is 27.7. The molecular weight excluding hydrogens is 737 g/mol. The van der Waals surface area contributed by atoms with Gasteiger partial charge in [-0.1, -0.05) is 121 Å². The minimum atomic E-state index is 0.861. The summed E-state index contributed by atoms with van der Waals surface area (Å²) in [5.74, 6) is 0. The van der Waals surface area contributed by atoms with E-state index in [1.54, 1.807) is 0 Å². The molecule has 0 radical (unpaired) electrons. The maximum absolute atomic E-state index is 7.19. The van der Waals surface area contributed by atoms with Crippen LogP contribution in [0.1, 0.15) is 0 Å². The third-order valence-corrected chi connectivity index (χ3v) is 14.2. The molecular formula is C56H24O4. The number of para-hydroxylation sites is 4. The Labute approximate surface area is 335 Å². The second-order valence-corrected chi connectivity index (χ2v) is 16.8. The molecule has 0 aliphatic carbocycles. The molecule has 13 aromatic carbocycles. The van der Waals surface area contributed by atoms with Crippen LogP contribution in [0.3, 0.4) is 0 Å². The highest BCUT2D eigenvalue weighted by Crippen LogP contribution is 2.62. The van der Waals surface area contributed by atoms with Crippen LogP contribution in [0.25, 0.3) is 174 Å². The van der Waals surface area contributed by atoms with Crippen LogP contribution < -0.4 is 0 Å². The van der Waals surface area contributed by atoms with Gasteiger partial charge in [0, 0.05) is 97.0 Å². The Bertz CT molecular complexity index is 4210. The third kappa shape index (κ3) is 2.93. The summed E-state index contributed by atoms with van der Waals surface area (Å²) < 4.78 is 28.7. The predicted molar refractivity (Wildman–Crippen MR) is 249 cm³/mol. The quantitative estimate of drug-likeness (QED) is 0.114. The van der Waals surface area contributed by atoms with Gasteiger partial charge in [-0.3, -0.25) is 0 Å². The fourth-order valence-corrected chi connectivity index (χ4v) is 12.2. The molecule has 0 aliphatic heterocycles. The molecule has 0 amide bonds. The summed E-state index contributed by atoms with van der Waals surface area (Å²) in [6.45, 7) is 0. The molecule has 17 rings (SSSR count). The lowest BCUT2D eigenvalue weighted by molar-refractivity contribution is 0.662. The molecule has 0 unspecified atom stereocenters. The fourth-order valence-electron chi connectivity index (χ4n) is 12.2. The summed E-state index contributed by atoms with van der Waals surface area (Å²) in [5.41, 5.74) is 6.89. The van der Waals surface area contributed by atoms with Crippen LogP contribution in [0.2, 0.25) is 0 Å². The Kier molecular flexibility index (Phi) is 4.59. The lowest BCUT2D eigenvalue weighted by Crippen LogP contribution is -1.97. The summed E-state index contributed by atoms with van der Waals surface area (Å²) >= 11 is 0. The van der Waals surface area contributed by atoms with Crippen LogP contribution in [-0.4, -0.2) is 0 Å². The van der Waals surface area contributed by atoms with Crippen molar-refractivity contribution in [3.8, 4) is 0 Å². The number of hydrogen-bond donors (Lipinski definition) is 0. The van der Waals surface area contributed by atoms with Crippen molar-refractivity contribution in [1.29, 1.82) is 0 Å². The van der Waals surface area contributed by atoms with Crippen molar-refractivity contribution >= 4 is 174 Å². The van der Waals surface area contributed by atoms with E-state index in [0.717, 1.165) is 98.5 Å². The van der Waals surface area contributed by atoms with E-state index in [9.17, 15) is 0 Å². The van der Waals surface area contributed by atoms with Gasteiger partial charge < -0.3 is 17.7 Å². The second-order valence-electron chi connectivity index (χ2n) is 16.8. The maximum atomic E-state index is 7.19. The van der Waals surface area contributed by atoms with Gasteiger partial charge in [-0.2, -0.15) is 0 Å². The molecule has 4 nitrogen and oxygen atoms in total. The molecule has 4 heteroatoms. The number of rotatable bonds is 0. The van der Waals surface area contributed by atoms with Crippen LogP contribution in [0.4, 0.5) is 0 Å². The minimum Gasteiger partial charge on any atom is -0.455 e. The van der Waals surface area contributed by atoms with Gasteiger partial charge in [0.05, 0.1) is 10.8 Å². The number of hydrogen-bond acceptors (Lipinski definition) is 4. The monoisotopic (exact) mass is 760 g/mol. The van der Waals surface area contributed by atoms with Crippen molar-refractivity contribution in [2.24, 2.45) is 0 Å². The molecule has 0 spiro atoms. The Morgan fingerprint density at radius 1 is 0.167 bits per heavy atom. The molecule has 0 bridgehead atoms. The fraction of sp³-hybridized carbons (Fsp3) is 0. The van der Waals surface area contributed by atoms with Gasteiger partial charge in [-0.05, 0) is 45.8 Å². The highest BCUT2D eigenvalue weighted by atomic mass is 16.4. The van der Waals surface area contributed by atoms with Gasteiger partial charge in [-0.15, -0.1) is 0 Å². The number of furan rings is 4. The van der Waals surface area contributed by atoms with E-state index in [1.807, 2.05) is 0 Å². The smallest absolute Gasteiger partial charge is 0.147 e. The summed E-state index contributed by atoms with van der Waals surface area (Å²) in [6.07, 6.45) is 0. The molecule has 272 valence electrons. The van der Waals surface area contributed by atoms with E-state index >= 15 is 0 Å². The van der Waals surface area contributed by atoms with Gasteiger partial charge in [0.1, 0.15) is 44.7 Å². The van der Waals surface area contributed by atoms with Crippen molar-refractivity contribution in [2.75, 3.05) is 0 Å². The van der Waals surface area contributed by atoms with Crippen LogP contribution in [-0.2, 0) is 0 Å². The molecule has 0 atom stereocenters. The molecule has 17 aromatic rings. The van der Waals surface area contributed by atoms with E-state index in [1.165, 1.54) is 75.4 Å². The van der Waals surface area contributed by atoms with Crippen molar-refractivity contribution in [1.82, 2.24) is 0 Å². The highest BCUT2D eigenvalue weighted by molar-refractivity contribution is 6.62. The molecule has 0 fully saturated rings. The Morgan fingerprint density at radius 3 is 0.617 bits per heavy atom. The van der Waals surface area contributed by atoms with Gasteiger partial charge in [0.2, 0.25) is 0 Å². The zero-order chi connectivity index (χ0) is 38.3. The molecule has 0 aliphatic rings. The predicted octanol–water partition coefficient (Wildman–Crippen LogP) is 16.8. The van der Waals surface area contributed by atoms with E-state index in [-0.39, 0.29) is 0 Å². The average Bonchev–Trinajstić information content (AvgIpc) is 4.08. The molecule has 0 saturated heterocycles. The highest BCUT2D eigenvalue weighted by Gasteiger charge is 2.35. The van der Waals surface area contributed by atoms with Gasteiger partial charge >= 0.3 is 0 Å². The van der Waals surface area contributed by atoms with Gasteiger partial charge in [0.15, 0.2) is 0 Å². The van der Waals surface area contributed by atoms with Crippen LogP contribution >= 0.6 is 0 Å². The van der Waals surface area contributed by atoms with E-state index < -0.39 is 0 Å². The second kappa shape index (κ2) is 9.44. The van der Waals surface area contributed by atoms with E-state index in [0.29, 0.717) is 0 Å². The minimum absolute atomic E-state index is 0.861. The normalized spacial score (nSPS) is 13.3. The first-order valence-electron chi connectivity index (χ1n) is 20.6. The zero-order valence-electron chi connectivity index (χ0n) is 31.5. The van der Waals surface area contributed by atoms with Crippen molar-refractivity contribution in [3.05, 3.63) is 146 Å². The maximum Gasteiger partial charge on any atom is 0.147 e. The van der Waals surface area contributed by atoms with Gasteiger partial charge in [0.25, 0.3) is 0 Å². The van der Waals surface area contributed by atoms with Gasteiger partial charge in [-0.25, -0.2) is 0 Å². The lowest BCUT2D eigenvalue weighted by Gasteiger charge is -2.25. The van der Waals surface area contributed by atoms with Crippen LogP contribution in [0.15, 0.2) is 163 Å². The van der Waals surface area contributed by atoms with E-state index in [2.05, 4.69) is 146 Å². The molecule has 0 saturated carbocycles. The standard InChI is InChI=1S/C56H24O4/c1-2-14-26-25(13-1)37-41-29-17-5-9-21-33(29)57-53(41)51-49-45(37)46-38(26)42-30-18-6-10-22-34(30)58-54(42)52-50(46)48-40(44-32-20-8-12-24-36(32)60-56(44)52)28-16-4-3-15-27(28)39(47(48)49)43-31-19-7-11-23-35(31)59-55(43)51/h1-24H. The van der Waals surface area contributed by atoms with Crippen LogP contribution in [0.5, 0.6) is 0 Å². The third-order valence-electron chi connectivity index (χ3n) is 14.2. The van der Waals surface area contributed by atoms with Crippen LogP contribution in [0, 0.1) is 0 Å². The van der Waals surface area contributed by atoms with Crippen molar-refractivity contribution in [3.63, 3.8) is 0 Å². The Hall–Kier alpha value is -8.08. The zero-order valence-corrected chi connectivity index (χ0v) is 31.5. The molecule has 0 N–H and O–H groups in total. The Morgan fingerprint density at radius 2 is 0.367 bits per heavy atom. The first-order valence-corrected chi connectivity index (χ1v) is 20.6. The Balaban J connectivity index is 1.40. The molecule has 60 heavy (non-hydrogen) atoms. The topological polar surface area (TPSA) is 52.6 Å². The first kappa shape index (κ1) is 29.2. The summed E-state index contributed by atoms with van der Waals surface area (Å²) in [7, 11) is 0. The summed E-state index contributed by atoms with van der Waals surface area (Å²) in [4.78, 5) is 0. The number of benzene rings is 13. The largest absolute Gasteiger partial charge is 0.455 e. The average molecular weight is 761 g/mol.